The summed E-state index contributed by atoms with van der Waals surface area (Å²) in [4.78, 5) is 3.96. The summed E-state index contributed by atoms with van der Waals surface area (Å²) in [7, 11) is 0. The number of rotatable bonds is 0. The number of hydrogen-bond acceptors (Lipinski definition) is 2. The van der Waals surface area contributed by atoms with Crippen LogP contribution in [0.15, 0.2) is 23.8 Å². The highest BCUT2D eigenvalue weighted by Gasteiger charge is 1.97. The normalized spacial score (nSPS) is 10.5. The minimum Gasteiger partial charge on any atom is -0.262 e. The van der Waals surface area contributed by atoms with Gasteiger partial charge in [0.2, 0.25) is 0 Å². The molecule has 0 spiro atoms. The highest BCUT2D eigenvalue weighted by Crippen LogP contribution is 2.26. The second-order valence-corrected chi connectivity index (χ2v) is 3.28. The zero-order valence-corrected chi connectivity index (χ0v) is 6.62. The summed E-state index contributed by atoms with van der Waals surface area (Å²) >= 11 is 7.49. The molecule has 3 heteroatoms. The molecule has 50 valence electrons. The molecule has 0 radical (unpaired) electrons. The zero-order chi connectivity index (χ0) is 6.97. The molecule has 2 aromatic rings. The van der Waals surface area contributed by atoms with Gasteiger partial charge in [-0.05, 0) is 11.4 Å². The Morgan fingerprint density at radius 3 is 3.10 bits per heavy atom. The van der Waals surface area contributed by atoms with Crippen LogP contribution in [0.25, 0.3) is 10.1 Å². The van der Waals surface area contributed by atoms with E-state index >= 15 is 0 Å². The van der Waals surface area contributed by atoms with Crippen LogP contribution in [0.3, 0.4) is 0 Å². The first-order valence-electron chi connectivity index (χ1n) is 2.84. The van der Waals surface area contributed by atoms with Crippen molar-refractivity contribution in [2.75, 3.05) is 0 Å². The van der Waals surface area contributed by atoms with E-state index in [9.17, 15) is 0 Å². The van der Waals surface area contributed by atoms with E-state index in [0.29, 0.717) is 0 Å². The van der Waals surface area contributed by atoms with E-state index in [2.05, 4.69) is 4.98 Å². The van der Waals surface area contributed by atoms with Crippen LogP contribution in [-0.4, -0.2) is 4.98 Å². The van der Waals surface area contributed by atoms with Gasteiger partial charge in [0.15, 0.2) is 0 Å². The van der Waals surface area contributed by atoms with E-state index in [-0.39, 0.29) is 0 Å². The Morgan fingerprint density at radius 2 is 2.30 bits per heavy atom. The summed E-state index contributed by atoms with van der Waals surface area (Å²) in [6, 6.07) is 2.01. The number of nitrogens with zero attached hydrogens (tertiary/aromatic N) is 1. The lowest BCUT2D eigenvalue weighted by Crippen LogP contribution is -1.68. The number of halogens is 1. The van der Waals surface area contributed by atoms with E-state index < -0.39 is 0 Å². The largest absolute Gasteiger partial charge is 0.262 e. The molecular formula is C7H4ClNS. The predicted octanol–water partition coefficient (Wildman–Crippen LogP) is 2.95. The predicted molar refractivity (Wildman–Crippen MR) is 44.6 cm³/mol. The van der Waals surface area contributed by atoms with Crippen molar-refractivity contribution in [1.82, 2.24) is 4.98 Å². The molecule has 0 saturated carbocycles. The summed E-state index contributed by atoms with van der Waals surface area (Å²) in [5, 5.41) is 3.88. The van der Waals surface area contributed by atoms with Crippen LogP contribution in [0.1, 0.15) is 0 Å². The molecule has 0 saturated heterocycles. The van der Waals surface area contributed by atoms with Crippen molar-refractivity contribution in [2.24, 2.45) is 0 Å². The molecule has 0 N–H and O–H groups in total. The fraction of sp³-hybridized carbons (Fsp3) is 0. The Kier molecular flexibility index (Phi) is 1.36. The van der Waals surface area contributed by atoms with E-state index in [1.807, 2.05) is 17.6 Å². The Hall–Kier alpha value is -0.600. The summed E-state index contributed by atoms with van der Waals surface area (Å²) in [6.07, 6.45) is 3.48. The van der Waals surface area contributed by atoms with Gasteiger partial charge in [0.1, 0.15) is 0 Å². The molecule has 2 aromatic heterocycles. The lowest BCUT2D eigenvalue weighted by molar-refractivity contribution is 1.37. The molecule has 0 bridgehead atoms. The van der Waals surface area contributed by atoms with E-state index in [0.717, 1.165) is 15.1 Å². The second-order valence-electron chi connectivity index (χ2n) is 1.96. The van der Waals surface area contributed by atoms with Gasteiger partial charge in [-0.25, -0.2) is 0 Å². The maximum Gasteiger partial charge on any atom is 0.0767 e. The second kappa shape index (κ2) is 2.22. The topological polar surface area (TPSA) is 12.9 Å². The molecule has 0 unspecified atom stereocenters. The van der Waals surface area contributed by atoms with Gasteiger partial charge in [0.25, 0.3) is 0 Å². The number of thiophene rings is 1. The van der Waals surface area contributed by atoms with Gasteiger partial charge in [-0.15, -0.1) is 11.3 Å². The van der Waals surface area contributed by atoms with Gasteiger partial charge in [-0.2, -0.15) is 0 Å². The van der Waals surface area contributed by atoms with E-state index in [1.54, 1.807) is 17.5 Å². The Balaban J connectivity index is 2.95. The van der Waals surface area contributed by atoms with Gasteiger partial charge < -0.3 is 0 Å². The monoisotopic (exact) mass is 169 g/mol. The first-order chi connectivity index (χ1) is 4.88. The maximum absolute atomic E-state index is 5.85. The quantitative estimate of drug-likeness (QED) is 0.591. The SMILES string of the molecule is Clc1cncc2ccsc12. The molecule has 0 fully saturated rings. The third kappa shape index (κ3) is 0.805. The standard InChI is InChI=1S/C7H4ClNS/c8-6-4-9-3-5-1-2-10-7(5)6/h1-4H. The molecule has 10 heavy (non-hydrogen) atoms. The molecule has 0 aliphatic rings. The van der Waals surface area contributed by atoms with Crippen molar-refractivity contribution in [2.45, 2.75) is 0 Å². The molecule has 2 rings (SSSR count). The van der Waals surface area contributed by atoms with Crippen LogP contribution < -0.4 is 0 Å². The minimum absolute atomic E-state index is 0.743. The third-order valence-electron chi connectivity index (χ3n) is 1.31. The van der Waals surface area contributed by atoms with Crippen LogP contribution in [0.4, 0.5) is 0 Å². The third-order valence-corrected chi connectivity index (χ3v) is 2.68. The lowest BCUT2D eigenvalue weighted by Gasteiger charge is -1.88. The van der Waals surface area contributed by atoms with Crippen molar-refractivity contribution in [3.63, 3.8) is 0 Å². The lowest BCUT2D eigenvalue weighted by atomic mass is 10.3. The molecule has 0 aromatic carbocycles. The number of aromatic nitrogens is 1. The molecule has 0 aliphatic carbocycles. The van der Waals surface area contributed by atoms with Crippen LogP contribution in [0, 0.1) is 0 Å². The van der Waals surface area contributed by atoms with Crippen molar-refractivity contribution in [3.05, 3.63) is 28.9 Å². The van der Waals surface area contributed by atoms with Crippen molar-refractivity contribution in [1.29, 1.82) is 0 Å². The number of pyridine rings is 1. The van der Waals surface area contributed by atoms with Crippen molar-refractivity contribution < 1.29 is 0 Å². The number of fused-ring (bicyclic) bond motifs is 1. The van der Waals surface area contributed by atoms with Crippen LogP contribution in [-0.2, 0) is 0 Å². The Morgan fingerprint density at radius 1 is 1.40 bits per heavy atom. The van der Waals surface area contributed by atoms with E-state index in [1.165, 1.54) is 0 Å². The zero-order valence-electron chi connectivity index (χ0n) is 5.04. The molecule has 0 atom stereocenters. The Labute approximate surface area is 67.3 Å². The van der Waals surface area contributed by atoms with Gasteiger partial charge >= 0.3 is 0 Å². The number of hydrogen-bond donors (Lipinski definition) is 0. The van der Waals surface area contributed by atoms with Crippen LogP contribution >= 0.6 is 22.9 Å². The molecule has 0 amide bonds. The fourth-order valence-corrected chi connectivity index (χ4v) is 1.93. The minimum atomic E-state index is 0.743. The smallest absolute Gasteiger partial charge is 0.0767 e. The van der Waals surface area contributed by atoms with Gasteiger partial charge in [0, 0.05) is 17.8 Å². The highest BCUT2D eigenvalue weighted by atomic mass is 35.5. The average molecular weight is 170 g/mol. The van der Waals surface area contributed by atoms with Gasteiger partial charge in [0.05, 0.1) is 9.72 Å². The molecule has 0 aliphatic heterocycles. The van der Waals surface area contributed by atoms with Crippen molar-refractivity contribution >= 4 is 33.0 Å². The summed E-state index contributed by atoms with van der Waals surface area (Å²) < 4.78 is 1.12. The maximum atomic E-state index is 5.85. The summed E-state index contributed by atoms with van der Waals surface area (Å²) in [5.74, 6) is 0. The molecule has 2 heterocycles. The molecule has 1 nitrogen and oxygen atoms in total. The van der Waals surface area contributed by atoms with Gasteiger partial charge in [-0.3, -0.25) is 4.98 Å². The van der Waals surface area contributed by atoms with Crippen molar-refractivity contribution in [3.8, 4) is 0 Å². The summed E-state index contributed by atoms with van der Waals surface area (Å²) in [5.41, 5.74) is 0. The average Bonchev–Trinajstić information content (AvgIpc) is 2.36. The molecular weight excluding hydrogens is 166 g/mol. The first-order valence-corrected chi connectivity index (χ1v) is 4.10. The Bertz CT molecular complexity index is 355. The van der Waals surface area contributed by atoms with Gasteiger partial charge in [-0.1, -0.05) is 11.6 Å². The van der Waals surface area contributed by atoms with Crippen LogP contribution in [0.5, 0.6) is 0 Å². The highest BCUT2D eigenvalue weighted by molar-refractivity contribution is 7.17. The van der Waals surface area contributed by atoms with E-state index in [4.69, 9.17) is 11.6 Å². The summed E-state index contributed by atoms with van der Waals surface area (Å²) in [6.45, 7) is 0. The first kappa shape index (κ1) is 6.13. The fourth-order valence-electron chi connectivity index (χ4n) is 0.857. The van der Waals surface area contributed by atoms with Crippen LogP contribution in [0.2, 0.25) is 5.02 Å².